The highest BCUT2D eigenvalue weighted by Crippen LogP contribution is 2.07. The maximum Gasteiger partial charge on any atom is 0.243 e. The summed E-state index contributed by atoms with van der Waals surface area (Å²) in [5.41, 5.74) is 4.01. The van der Waals surface area contributed by atoms with Crippen LogP contribution >= 0.6 is 12.2 Å². The average Bonchev–Trinajstić information content (AvgIpc) is 3.00. The lowest BCUT2D eigenvalue weighted by Crippen LogP contribution is -2.55. The van der Waals surface area contributed by atoms with E-state index in [9.17, 15) is 9.59 Å². The van der Waals surface area contributed by atoms with Crippen LogP contribution in [-0.2, 0) is 35.5 Å². The molecule has 0 aliphatic carbocycles. The van der Waals surface area contributed by atoms with Gasteiger partial charge in [-0.1, -0.05) is 121 Å². The highest BCUT2D eigenvalue weighted by atomic mass is 32.1. The second-order valence-corrected chi connectivity index (χ2v) is 9.92. The van der Waals surface area contributed by atoms with E-state index in [1.807, 2.05) is 121 Å². The SMILES string of the molecule is O=C(NCc1ccccc1)[C@H](Cc1ccccc1)NC(=S)N[C@@H](Cc1ccccc1)C(=O)NCc1ccccc1. The number of nitrogens with one attached hydrogen (secondary N) is 4. The number of thiocarbonyl (C=S) groups is 1. The summed E-state index contributed by atoms with van der Waals surface area (Å²) in [6, 6.07) is 37.8. The first-order valence-electron chi connectivity index (χ1n) is 13.3. The molecule has 0 radical (unpaired) electrons. The Kier molecular flexibility index (Phi) is 10.8. The van der Waals surface area contributed by atoms with Gasteiger partial charge in [0, 0.05) is 25.9 Å². The smallest absolute Gasteiger partial charge is 0.243 e. The average molecular weight is 551 g/mol. The molecule has 0 fully saturated rings. The van der Waals surface area contributed by atoms with Crippen molar-refractivity contribution in [3.63, 3.8) is 0 Å². The van der Waals surface area contributed by atoms with Crippen LogP contribution in [0.1, 0.15) is 22.3 Å². The Bertz CT molecular complexity index is 1250. The monoisotopic (exact) mass is 550 g/mol. The Morgan fingerprint density at radius 2 is 0.800 bits per heavy atom. The summed E-state index contributed by atoms with van der Waals surface area (Å²) in [6.45, 7) is 0.816. The van der Waals surface area contributed by atoms with Gasteiger partial charge in [0.05, 0.1) is 0 Å². The van der Waals surface area contributed by atoms with E-state index < -0.39 is 12.1 Å². The fraction of sp³-hybridized carbons (Fsp3) is 0.182. The van der Waals surface area contributed by atoms with Crippen molar-refractivity contribution in [2.24, 2.45) is 0 Å². The van der Waals surface area contributed by atoms with Crippen LogP contribution in [0, 0.1) is 0 Å². The zero-order valence-corrected chi connectivity index (χ0v) is 23.1. The van der Waals surface area contributed by atoms with Gasteiger partial charge in [0.2, 0.25) is 11.8 Å². The van der Waals surface area contributed by atoms with Gasteiger partial charge in [-0.05, 0) is 34.5 Å². The molecule has 0 aliphatic heterocycles. The molecule has 4 rings (SSSR count). The maximum atomic E-state index is 13.3. The molecular formula is C33H34N4O2S. The van der Waals surface area contributed by atoms with Crippen molar-refractivity contribution in [2.45, 2.75) is 38.0 Å². The number of carbonyl (C=O) groups excluding carboxylic acids is 2. The molecule has 4 aromatic carbocycles. The van der Waals surface area contributed by atoms with E-state index in [0.29, 0.717) is 25.9 Å². The molecule has 2 amide bonds. The molecule has 204 valence electrons. The van der Waals surface area contributed by atoms with Crippen LogP contribution in [0.3, 0.4) is 0 Å². The third-order valence-corrected chi connectivity index (χ3v) is 6.66. The number of hydrogen-bond donors (Lipinski definition) is 4. The van der Waals surface area contributed by atoms with Crippen molar-refractivity contribution in [3.8, 4) is 0 Å². The predicted octanol–water partition coefficient (Wildman–Crippen LogP) is 4.31. The van der Waals surface area contributed by atoms with Crippen LogP contribution in [0.2, 0.25) is 0 Å². The van der Waals surface area contributed by atoms with Crippen molar-refractivity contribution in [1.29, 1.82) is 0 Å². The summed E-state index contributed by atoms with van der Waals surface area (Å²) < 4.78 is 0. The van der Waals surface area contributed by atoms with E-state index in [1.54, 1.807) is 0 Å². The Balaban J connectivity index is 1.44. The van der Waals surface area contributed by atoms with E-state index in [0.717, 1.165) is 22.3 Å². The molecule has 0 saturated heterocycles. The summed E-state index contributed by atoms with van der Waals surface area (Å²) in [5, 5.41) is 12.6. The highest BCUT2D eigenvalue weighted by Gasteiger charge is 2.24. The van der Waals surface area contributed by atoms with Crippen LogP contribution < -0.4 is 21.3 Å². The van der Waals surface area contributed by atoms with Crippen molar-refractivity contribution in [2.75, 3.05) is 0 Å². The zero-order chi connectivity index (χ0) is 28.0. The van der Waals surface area contributed by atoms with Gasteiger partial charge in [-0.15, -0.1) is 0 Å². The molecular weight excluding hydrogens is 516 g/mol. The van der Waals surface area contributed by atoms with E-state index in [1.165, 1.54) is 0 Å². The van der Waals surface area contributed by atoms with Crippen LogP contribution in [0.15, 0.2) is 121 Å². The minimum atomic E-state index is -0.629. The van der Waals surface area contributed by atoms with Crippen molar-refractivity contribution < 1.29 is 9.59 Å². The summed E-state index contributed by atoms with van der Waals surface area (Å²) in [5.74, 6) is -0.352. The first-order valence-corrected chi connectivity index (χ1v) is 13.8. The third kappa shape index (κ3) is 9.36. The number of carbonyl (C=O) groups is 2. The maximum absolute atomic E-state index is 13.3. The lowest BCUT2D eigenvalue weighted by molar-refractivity contribution is -0.123. The van der Waals surface area contributed by atoms with Crippen LogP contribution in [0.4, 0.5) is 0 Å². The number of rotatable bonds is 12. The highest BCUT2D eigenvalue weighted by molar-refractivity contribution is 7.80. The Morgan fingerprint density at radius 3 is 1.12 bits per heavy atom. The van der Waals surface area contributed by atoms with Gasteiger partial charge in [0.15, 0.2) is 5.11 Å². The first kappa shape index (κ1) is 28.5. The van der Waals surface area contributed by atoms with Gasteiger partial charge < -0.3 is 21.3 Å². The molecule has 0 unspecified atom stereocenters. The minimum Gasteiger partial charge on any atom is -0.351 e. The van der Waals surface area contributed by atoms with Crippen molar-refractivity contribution >= 4 is 29.1 Å². The molecule has 0 saturated carbocycles. The number of benzene rings is 4. The Labute approximate surface area is 241 Å². The van der Waals surface area contributed by atoms with Gasteiger partial charge in [-0.3, -0.25) is 9.59 Å². The van der Waals surface area contributed by atoms with E-state index in [2.05, 4.69) is 21.3 Å². The molecule has 2 atom stereocenters. The third-order valence-electron chi connectivity index (χ3n) is 6.43. The predicted molar refractivity (Wildman–Crippen MR) is 163 cm³/mol. The molecule has 40 heavy (non-hydrogen) atoms. The second-order valence-electron chi connectivity index (χ2n) is 9.51. The normalized spacial score (nSPS) is 12.0. The minimum absolute atomic E-state index is 0.176. The molecule has 0 aliphatic rings. The molecule has 0 spiro atoms. The van der Waals surface area contributed by atoms with E-state index in [4.69, 9.17) is 12.2 Å². The Hall–Kier alpha value is -4.49. The van der Waals surface area contributed by atoms with Crippen LogP contribution in [0.5, 0.6) is 0 Å². The molecule has 0 bridgehead atoms. The number of amides is 2. The van der Waals surface area contributed by atoms with Gasteiger partial charge in [-0.25, -0.2) is 0 Å². The largest absolute Gasteiger partial charge is 0.351 e. The molecule has 4 N–H and O–H groups in total. The molecule has 7 heteroatoms. The summed E-state index contributed by atoms with van der Waals surface area (Å²) in [4.78, 5) is 26.6. The van der Waals surface area contributed by atoms with Gasteiger partial charge in [0.1, 0.15) is 12.1 Å². The van der Waals surface area contributed by atoms with E-state index in [-0.39, 0.29) is 16.9 Å². The van der Waals surface area contributed by atoms with Gasteiger partial charge in [0.25, 0.3) is 0 Å². The fourth-order valence-electron chi connectivity index (χ4n) is 4.29. The van der Waals surface area contributed by atoms with Gasteiger partial charge >= 0.3 is 0 Å². The molecule has 0 aromatic heterocycles. The van der Waals surface area contributed by atoms with Crippen molar-refractivity contribution in [3.05, 3.63) is 144 Å². The molecule has 0 heterocycles. The lowest BCUT2D eigenvalue weighted by atomic mass is 10.0. The van der Waals surface area contributed by atoms with Crippen LogP contribution in [-0.4, -0.2) is 29.0 Å². The first-order chi connectivity index (χ1) is 19.6. The molecule has 4 aromatic rings. The summed E-state index contributed by atoms with van der Waals surface area (Å²) >= 11 is 5.65. The lowest BCUT2D eigenvalue weighted by Gasteiger charge is -2.24. The second kappa shape index (κ2) is 15.2. The standard InChI is InChI=1S/C33H34N4O2S/c38-31(34-23-27-17-9-3-10-18-27)29(21-25-13-5-1-6-14-25)36-33(40)37-30(22-26-15-7-2-8-16-26)32(39)35-24-28-19-11-4-12-20-28/h1-20,29-30H,21-24H2,(H,34,38)(H,35,39)(H2,36,37,40)/t29-,30-/m0/s1. The molecule has 6 nitrogen and oxygen atoms in total. The summed E-state index contributed by atoms with van der Waals surface area (Å²) in [7, 11) is 0. The van der Waals surface area contributed by atoms with Crippen molar-refractivity contribution in [1.82, 2.24) is 21.3 Å². The topological polar surface area (TPSA) is 82.3 Å². The quantitative estimate of drug-likeness (QED) is 0.198. The Morgan fingerprint density at radius 1 is 0.500 bits per heavy atom. The zero-order valence-electron chi connectivity index (χ0n) is 22.3. The fourth-order valence-corrected chi connectivity index (χ4v) is 4.58. The van der Waals surface area contributed by atoms with Crippen LogP contribution in [0.25, 0.3) is 0 Å². The number of hydrogen-bond acceptors (Lipinski definition) is 3. The van der Waals surface area contributed by atoms with Gasteiger partial charge in [-0.2, -0.15) is 0 Å². The van der Waals surface area contributed by atoms with E-state index >= 15 is 0 Å². The summed E-state index contributed by atoms with van der Waals surface area (Å²) in [6.07, 6.45) is 0.875.